The zero-order chi connectivity index (χ0) is 13.1. The van der Waals surface area contributed by atoms with Gasteiger partial charge in [-0.15, -0.1) is 12.4 Å². The highest BCUT2D eigenvalue weighted by molar-refractivity contribution is 14.1. The van der Waals surface area contributed by atoms with Crippen LogP contribution in [0, 0.1) is 3.57 Å². The first-order chi connectivity index (χ1) is 8.56. The van der Waals surface area contributed by atoms with Crippen molar-refractivity contribution in [1.29, 1.82) is 0 Å². The highest BCUT2D eigenvalue weighted by Crippen LogP contribution is 2.18. The average molecular weight is 415 g/mol. The predicted molar refractivity (Wildman–Crippen MR) is 89.4 cm³/mol. The minimum absolute atomic E-state index is 0. The highest BCUT2D eigenvalue weighted by Gasteiger charge is 2.21. The Bertz CT molecular complexity index is 456. The molecule has 1 aromatic rings. The number of hydrogen-bond acceptors (Lipinski definition) is 2. The van der Waals surface area contributed by atoms with Crippen molar-refractivity contribution in [2.75, 3.05) is 6.54 Å². The molecule has 1 amide bonds. The summed E-state index contributed by atoms with van der Waals surface area (Å²) in [6, 6.07) is 6.10. The second-order valence-electron chi connectivity index (χ2n) is 4.67. The van der Waals surface area contributed by atoms with E-state index in [9.17, 15) is 4.79 Å². The topological polar surface area (TPSA) is 41.1 Å². The molecule has 0 spiro atoms. The first-order valence-electron chi connectivity index (χ1n) is 6.05. The van der Waals surface area contributed by atoms with Gasteiger partial charge >= 0.3 is 0 Å². The van der Waals surface area contributed by atoms with E-state index in [1.807, 2.05) is 6.07 Å². The van der Waals surface area contributed by atoms with Crippen LogP contribution >= 0.6 is 46.6 Å². The zero-order valence-corrected chi connectivity index (χ0v) is 14.3. The number of amides is 1. The zero-order valence-electron chi connectivity index (χ0n) is 10.6. The van der Waals surface area contributed by atoms with Gasteiger partial charge in [0.15, 0.2) is 0 Å². The van der Waals surface area contributed by atoms with Gasteiger partial charge in [0.25, 0.3) is 5.91 Å². The number of halogens is 3. The molecule has 1 saturated heterocycles. The van der Waals surface area contributed by atoms with Crippen molar-refractivity contribution in [3.63, 3.8) is 0 Å². The Labute approximate surface area is 138 Å². The van der Waals surface area contributed by atoms with E-state index in [2.05, 4.69) is 40.1 Å². The lowest BCUT2D eigenvalue weighted by molar-refractivity contribution is 0.0925. The maximum atomic E-state index is 12.2. The molecule has 2 atom stereocenters. The molecule has 2 N–H and O–H groups in total. The highest BCUT2D eigenvalue weighted by atomic mass is 127. The largest absolute Gasteiger partial charge is 0.349 e. The monoisotopic (exact) mass is 414 g/mol. The molecular weight excluding hydrogens is 398 g/mol. The molecule has 1 aliphatic rings. The third-order valence-corrected chi connectivity index (χ3v) is 4.31. The summed E-state index contributed by atoms with van der Waals surface area (Å²) in [6.45, 7) is 3.10. The molecule has 0 aromatic heterocycles. The molecule has 0 aliphatic carbocycles. The van der Waals surface area contributed by atoms with Crippen LogP contribution in [0.1, 0.15) is 30.1 Å². The molecule has 2 rings (SSSR count). The third-order valence-electron chi connectivity index (χ3n) is 3.13. The van der Waals surface area contributed by atoms with Crippen LogP contribution in [0.3, 0.4) is 0 Å². The first kappa shape index (κ1) is 17.0. The van der Waals surface area contributed by atoms with E-state index in [-0.39, 0.29) is 24.4 Å². The fourth-order valence-electron chi connectivity index (χ4n) is 2.20. The molecule has 1 fully saturated rings. The Hall–Kier alpha value is -0.0400. The molecule has 0 radical (unpaired) electrons. The Kier molecular flexibility index (Phi) is 6.86. The molecular formula is C13H17Cl2IN2O. The van der Waals surface area contributed by atoms with E-state index in [1.54, 1.807) is 12.1 Å². The third kappa shape index (κ3) is 4.77. The Morgan fingerprint density at radius 3 is 2.95 bits per heavy atom. The Morgan fingerprint density at radius 2 is 2.26 bits per heavy atom. The normalized spacial score (nSPS) is 22.5. The lowest BCUT2D eigenvalue weighted by Crippen LogP contribution is -2.46. The summed E-state index contributed by atoms with van der Waals surface area (Å²) in [5.41, 5.74) is 0.661. The van der Waals surface area contributed by atoms with Gasteiger partial charge in [-0.2, -0.15) is 0 Å². The molecule has 0 saturated carbocycles. The van der Waals surface area contributed by atoms with Crippen molar-refractivity contribution >= 4 is 52.5 Å². The second-order valence-corrected chi connectivity index (χ2v) is 6.27. The summed E-state index contributed by atoms with van der Waals surface area (Å²) in [4.78, 5) is 12.2. The number of hydrogen-bond donors (Lipinski definition) is 2. The molecule has 6 heteroatoms. The fourth-order valence-corrected chi connectivity index (χ4v) is 2.95. The molecule has 1 aliphatic heterocycles. The molecule has 19 heavy (non-hydrogen) atoms. The van der Waals surface area contributed by atoms with E-state index in [0.717, 1.165) is 23.0 Å². The minimum Gasteiger partial charge on any atom is -0.349 e. The van der Waals surface area contributed by atoms with Crippen LogP contribution in [-0.2, 0) is 0 Å². The van der Waals surface area contributed by atoms with Crippen molar-refractivity contribution in [2.24, 2.45) is 0 Å². The van der Waals surface area contributed by atoms with Crippen molar-refractivity contribution in [1.82, 2.24) is 10.6 Å². The summed E-state index contributed by atoms with van der Waals surface area (Å²) in [5, 5.41) is 7.06. The number of rotatable bonds is 2. The van der Waals surface area contributed by atoms with Crippen molar-refractivity contribution < 1.29 is 4.79 Å². The molecule has 0 bridgehead atoms. The average Bonchev–Trinajstić information content (AvgIpc) is 2.32. The fraction of sp³-hybridized carbons (Fsp3) is 0.462. The summed E-state index contributed by atoms with van der Waals surface area (Å²) >= 11 is 8.09. The first-order valence-corrected chi connectivity index (χ1v) is 7.51. The van der Waals surface area contributed by atoms with Crippen LogP contribution in [0.5, 0.6) is 0 Å². The number of benzene rings is 1. The standard InChI is InChI=1S/C13H16ClIN2O.ClH/c1-8-6-10(4-5-16-8)17-13(18)11-7-9(14)2-3-12(11)15;/h2-3,7-8,10,16H,4-6H2,1H3,(H,17,18);1H. The molecule has 106 valence electrons. The van der Waals surface area contributed by atoms with Gasteiger partial charge in [-0.3, -0.25) is 4.79 Å². The maximum absolute atomic E-state index is 12.2. The lowest BCUT2D eigenvalue weighted by Gasteiger charge is -2.28. The van der Waals surface area contributed by atoms with Gasteiger partial charge in [0, 0.05) is 20.7 Å². The smallest absolute Gasteiger partial charge is 0.252 e. The van der Waals surface area contributed by atoms with E-state index < -0.39 is 0 Å². The lowest BCUT2D eigenvalue weighted by atomic mass is 10.0. The quantitative estimate of drug-likeness (QED) is 0.729. The van der Waals surface area contributed by atoms with Gasteiger partial charge in [-0.25, -0.2) is 0 Å². The second kappa shape index (κ2) is 7.67. The maximum Gasteiger partial charge on any atom is 0.252 e. The number of carbonyl (C=O) groups excluding carboxylic acids is 1. The number of piperidine rings is 1. The summed E-state index contributed by atoms with van der Waals surface area (Å²) in [6.07, 6.45) is 1.95. The van der Waals surface area contributed by atoms with Crippen molar-refractivity contribution in [3.05, 3.63) is 32.4 Å². The van der Waals surface area contributed by atoms with E-state index in [1.165, 1.54) is 0 Å². The van der Waals surface area contributed by atoms with Crippen LogP contribution in [0.15, 0.2) is 18.2 Å². The molecule has 1 aromatic carbocycles. The van der Waals surface area contributed by atoms with Crippen LogP contribution < -0.4 is 10.6 Å². The summed E-state index contributed by atoms with van der Waals surface area (Å²) < 4.78 is 0.927. The van der Waals surface area contributed by atoms with Gasteiger partial charge in [-0.05, 0) is 67.1 Å². The van der Waals surface area contributed by atoms with Crippen molar-refractivity contribution in [3.8, 4) is 0 Å². The SMILES string of the molecule is CC1CC(NC(=O)c2cc(Cl)ccc2I)CCN1.Cl. The summed E-state index contributed by atoms with van der Waals surface area (Å²) in [5.74, 6) is -0.0269. The van der Waals surface area contributed by atoms with Crippen LogP contribution in [0.2, 0.25) is 5.02 Å². The predicted octanol–water partition coefficient (Wildman–Crippen LogP) is 3.24. The molecule has 1 heterocycles. The van der Waals surface area contributed by atoms with Gasteiger partial charge in [0.1, 0.15) is 0 Å². The van der Waals surface area contributed by atoms with Gasteiger partial charge in [0.05, 0.1) is 5.56 Å². The van der Waals surface area contributed by atoms with Crippen LogP contribution in [-0.4, -0.2) is 24.5 Å². The Balaban J connectivity index is 0.00000180. The number of carbonyl (C=O) groups is 1. The van der Waals surface area contributed by atoms with E-state index >= 15 is 0 Å². The van der Waals surface area contributed by atoms with Gasteiger partial charge in [-0.1, -0.05) is 11.6 Å². The molecule has 3 nitrogen and oxygen atoms in total. The minimum atomic E-state index is -0.0269. The van der Waals surface area contributed by atoms with E-state index in [4.69, 9.17) is 11.6 Å². The van der Waals surface area contributed by atoms with Gasteiger partial charge < -0.3 is 10.6 Å². The summed E-state index contributed by atoms with van der Waals surface area (Å²) in [7, 11) is 0. The number of nitrogens with one attached hydrogen (secondary N) is 2. The van der Waals surface area contributed by atoms with Crippen molar-refractivity contribution in [2.45, 2.75) is 31.8 Å². The Morgan fingerprint density at radius 1 is 1.53 bits per heavy atom. The van der Waals surface area contributed by atoms with Crippen LogP contribution in [0.4, 0.5) is 0 Å². The van der Waals surface area contributed by atoms with Gasteiger partial charge in [0.2, 0.25) is 0 Å². The molecule has 2 unspecified atom stereocenters. The van der Waals surface area contributed by atoms with Crippen LogP contribution in [0.25, 0.3) is 0 Å². The van der Waals surface area contributed by atoms with E-state index in [0.29, 0.717) is 16.6 Å².